The van der Waals surface area contributed by atoms with Crippen molar-refractivity contribution < 1.29 is 4.84 Å². The third-order valence-corrected chi connectivity index (χ3v) is 0.452. The standard InChI is InChI=1S/C3H8ClNO/c1-3(4)2-6-5/h3H,2,5H2,1H3. The summed E-state index contributed by atoms with van der Waals surface area (Å²) in [5, 5.41) is 0.0231. The van der Waals surface area contributed by atoms with Crippen LogP contribution in [0, 0.1) is 0 Å². The quantitative estimate of drug-likeness (QED) is 0.414. The highest BCUT2D eigenvalue weighted by Crippen LogP contribution is 1.89. The van der Waals surface area contributed by atoms with Crippen LogP contribution in [0.5, 0.6) is 0 Å². The molecule has 0 aromatic carbocycles. The largest absolute Gasteiger partial charge is 0.303 e. The molecule has 0 saturated carbocycles. The number of hydrogen-bond donors (Lipinski definition) is 1. The minimum atomic E-state index is 0.0231. The van der Waals surface area contributed by atoms with Gasteiger partial charge >= 0.3 is 0 Å². The van der Waals surface area contributed by atoms with Crippen LogP contribution in [0.2, 0.25) is 0 Å². The third-order valence-electron chi connectivity index (χ3n) is 0.326. The average Bonchev–Trinajstić information content (AvgIpc) is 1.35. The van der Waals surface area contributed by atoms with Crippen molar-refractivity contribution in [2.75, 3.05) is 6.61 Å². The van der Waals surface area contributed by atoms with Gasteiger partial charge in [0.25, 0.3) is 0 Å². The molecule has 38 valence electrons. The summed E-state index contributed by atoms with van der Waals surface area (Å²) in [6.45, 7) is 2.23. The molecule has 2 nitrogen and oxygen atoms in total. The van der Waals surface area contributed by atoms with E-state index in [9.17, 15) is 0 Å². The lowest BCUT2D eigenvalue weighted by Crippen LogP contribution is -2.08. The molecule has 0 aromatic heterocycles. The van der Waals surface area contributed by atoms with E-state index in [1.165, 1.54) is 0 Å². The maximum atomic E-state index is 5.37. The molecule has 0 spiro atoms. The Morgan fingerprint density at radius 3 is 2.50 bits per heavy atom. The second kappa shape index (κ2) is 3.40. The minimum Gasteiger partial charge on any atom is -0.303 e. The SMILES string of the molecule is CC(Cl)CON. The monoisotopic (exact) mass is 109 g/mol. The summed E-state index contributed by atoms with van der Waals surface area (Å²) in [7, 11) is 0. The summed E-state index contributed by atoms with van der Waals surface area (Å²) < 4.78 is 0. The van der Waals surface area contributed by atoms with Crippen LogP contribution in [0.1, 0.15) is 6.92 Å². The van der Waals surface area contributed by atoms with E-state index in [0.717, 1.165) is 0 Å². The van der Waals surface area contributed by atoms with E-state index >= 15 is 0 Å². The summed E-state index contributed by atoms with van der Waals surface area (Å²) in [6.07, 6.45) is 0. The van der Waals surface area contributed by atoms with Crippen LogP contribution in [0.3, 0.4) is 0 Å². The van der Waals surface area contributed by atoms with Gasteiger partial charge in [0, 0.05) is 0 Å². The molecule has 2 N–H and O–H groups in total. The molecule has 0 bridgehead atoms. The van der Waals surface area contributed by atoms with Gasteiger partial charge in [-0.25, -0.2) is 5.90 Å². The molecule has 0 saturated heterocycles. The number of alkyl halides is 1. The molecule has 0 amide bonds. The average molecular weight is 110 g/mol. The van der Waals surface area contributed by atoms with Crippen molar-refractivity contribution in [2.45, 2.75) is 12.3 Å². The van der Waals surface area contributed by atoms with Crippen LogP contribution in [0.4, 0.5) is 0 Å². The van der Waals surface area contributed by atoms with Gasteiger partial charge in [-0.15, -0.1) is 11.6 Å². The number of halogens is 1. The fourth-order valence-electron chi connectivity index (χ4n) is 0.133. The maximum absolute atomic E-state index is 5.37. The van der Waals surface area contributed by atoms with E-state index in [1.54, 1.807) is 0 Å². The minimum absolute atomic E-state index is 0.0231. The van der Waals surface area contributed by atoms with Crippen molar-refractivity contribution >= 4 is 11.6 Å². The highest BCUT2D eigenvalue weighted by molar-refractivity contribution is 6.20. The van der Waals surface area contributed by atoms with Crippen LogP contribution < -0.4 is 5.90 Å². The molecule has 0 heterocycles. The Labute approximate surface area is 42.2 Å². The van der Waals surface area contributed by atoms with Gasteiger partial charge in [-0.3, -0.25) is 0 Å². The van der Waals surface area contributed by atoms with Crippen molar-refractivity contribution in [1.29, 1.82) is 0 Å². The van der Waals surface area contributed by atoms with Crippen LogP contribution in [0.15, 0.2) is 0 Å². The van der Waals surface area contributed by atoms with Gasteiger partial charge in [0.2, 0.25) is 0 Å². The van der Waals surface area contributed by atoms with Crippen LogP contribution in [0.25, 0.3) is 0 Å². The van der Waals surface area contributed by atoms with Crippen LogP contribution in [-0.2, 0) is 4.84 Å². The summed E-state index contributed by atoms with van der Waals surface area (Å²) in [5.41, 5.74) is 0. The van der Waals surface area contributed by atoms with Crippen LogP contribution >= 0.6 is 11.6 Å². The first kappa shape index (κ1) is 6.21. The summed E-state index contributed by atoms with van der Waals surface area (Å²) in [6, 6.07) is 0. The fourth-order valence-corrected chi connectivity index (χ4v) is 0.205. The molecule has 1 atom stereocenters. The topological polar surface area (TPSA) is 35.2 Å². The Morgan fingerprint density at radius 2 is 2.50 bits per heavy atom. The lowest BCUT2D eigenvalue weighted by molar-refractivity contribution is 0.141. The highest BCUT2D eigenvalue weighted by Gasteiger charge is 1.89. The zero-order chi connectivity index (χ0) is 4.99. The summed E-state index contributed by atoms with van der Waals surface area (Å²) in [4.78, 5) is 4.17. The zero-order valence-electron chi connectivity index (χ0n) is 3.65. The number of rotatable bonds is 2. The lowest BCUT2D eigenvalue weighted by Gasteiger charge is -1.94. The van der Waals surface area contributed by atoms with Gasteiger partial charge in [0.1, 0.15) is 0 Å². The molecule has 0 fully saturated rings. The van der Waals surface area contributed by atoms with E-state index in [-0.39, 0.29) is 5.38 Å². The van der Waals surface area contributed by atoms with Crippen molar-refractivity contribution in [2.24, 2.45) is 5.90 Å². The predicted molar refractivity (Wildman–Crippen MR) is 25.5 cm³/mol. The molecular weight excluding hydrogens is 101 g/mol. The van der Waals surface area contributed by atoms with Gasteiger partial charge in [-0.2, -0.15) is 0 Å². The molecule has 3 heteroatoms. The Morgan fingerprint density at radius 1 is 2.00 bits per heavy atom. The smallest absolute Gasteiger partial charge is 0.0840 e. The highest BCUT2D eigenvalue weighted by atomic mass is 35.5. The molecule has 1 unspecified atom stereocenters. The molecule has 0 aliphatic rings. The second-order valence-electron chi connectivity index (χ2n) is 1.11. The first-order valence-electron chi connectivity index (χ1n) is 1.73. The Hall–Kier alpha value is 0.210. The normalized spacial score (nSPS) is 14.5. The summed E-state index contributed by atoms with van der Waals surface area (Å²) in [5.74, 6) is 4.64. The Bertz CT molecular complexity index is 32.0. The van der Waals surface area contributed by atoms with E-state index in [0.29, 0.717) is 6.61 Å². The fraction of sp³-hybridized carbons (Fsp3) is 1.00. The summed E-state index contributed by atoms with van der Waals surface area (Å²) >= 11 is 5.37. The molecule has 0 aliphatic heterocycles. The van der Waals surface area contributed by atoms with Gasteiger partial charge in [-0.05, 0) is 6.92 Å². The molecule has 6 heavy (non-hydrogen) atoms. The Kier molecular flexibility index (Phi) is 3.52. The predicted octanol–water partition coefficient (Wildman–Crippen LogP) is 0.504. The molecule has 0 aliphatic carbocycles. The first-order chi connectivity index (χ1) is 2.77. The van der Waals surface area contributed by atoms with Gasteiger partial charge in [-0.1, -0.05) is 0 Å². The molecule has 0 radical (unpaired) electrons. The third kappa shape index (κ3) is 4.21. The van der Waals surface area contributed by atoms with E-state index in [4.69, 9.17) is 11.6 Å². The van der Waals surface area contributed by atoms with E-state index in [1.807, 2.05) is 6.92 Å². The second-order valence-corrected chi connectivity index (χ2v) is 1.86. The van der Waals surface area contributed by atoms with E-state index in [2.05, 4.69) is 10.7 Å². The number of hydrogen-bond acceptors (Lipinski definition) is 2. The lowest BCUT2D eigenvalue weighted by atomic mass is 10.5. The van der Waals surface area contributed by atoms with Gasteiger partial charge in [0.15, 0.2) is 0 Å². The maximum Gasteiger partial charge on any atom is 0.0840 e. The molecule has 0 aromatic rings. The Balaban J connectivity index is 2.63. The van der Waals surface area contributed by atoms with Crippen molar-refractivity contribution in [3.8, 4) is 0 Å². The van der Waals surface area contributed by atoms with E-state index < -0.39 is 0 Å². The van der Waals surface area contributed by atoms with Crippen molar-refractivity contribution in [3.05, 3.63) is 0 Å². The number of nitrogens with two attached hydrogens (primary N) is 1. The zero-order valence-corrected chi connectivity index (χ0v) is 4.40. The van der Waals surface area contributed by atoms with Crippen molar-refractivity contribution in [3.63, 3.8) is 0 Å². The van der Waals surface area contributed by atoms with Crippen molar-refractivity contribution in [1.82, 2.24) is 0 Å². The first-order valence-corrected chi connectivity index (χ1v) is 2.16. The van der Waals surface area contributed by atoms with Gasteiger partial charge in [0.05, 0.1) is 12.0 Å². The van der Waals surface area contributed by atoms with Gasteiger partial charge < -0.3 is 4.84 Å². The van der Waals surface area contributed by atoms with Crippen LogP contribution in [-0.4, -0.2) is 12.0 Å². The molecule has 0 rings (SSSR count). The molecular formula is C3H8ClNO.